The van der Waals surface area contributed by atoms with Gasteiger partial charge < -0.3 is 14.8 Å². The molecule has 0 bridgehead atoms. The largest absolute Gasteiger partial charge is 0.496 e. The first-order valence-corrected chi connectivity index (χ1v) is 13.3. The van der Waals surface area contributed by atoms with Gasteiger partial charge in [0, 0.05) is 5.69 Å². The quantitative estimate of drug-likeness (QED) is 0.252. The number of hydrogen-bond donors (Lipinski definition) is 1. The van der Waals surface area contributed by atoms with Gasteiger partial charge in [-0.3, -0.25) is 9.69 Å². The summed E-state index contributed by atoms with van der Waals surface area (Å²) in [6, 6.07) is 28.2. The van der Waals surface area contributed by atoms with Gasteiger partial charge in [-0.1, -0.05) is 72.8 Å². The van der Waals surface area contributed by atoms with E-state index in [1.54, 1.807) is 14.2 Å². The molecule has 1 aliphatic heterocycles. The van der Waals surface area contributed by atoms with Crippen LogP contribution >= 0.6 is 0 Å². The van der Waals surface area contributed by atoms with E-state index in [0.717, 1.165) is 56.1 Å². The molecule has 1 saturated heterocycles. The fraction of sp³-hybridized carbons (Fsp3) is 0.265. The Kier molecular flexibility index (Phi) is 7.45. The number of ether oxygens (including phenoxy) is 2. The number of hydrogen-bond acceptors (Lipinski definition) is 4. The highest BCUT2D eigenvalue weighted by Crippen LogP contribution is 2.53. The average molecular weight is 521 g/mol. The van der Waals surface area contributed by atoms with Gasteiger partial charge in [0.25, 0.3) is 0 Å². The van der Waals surface area contributed by atoms with Crippen LogP contribution in [-0.4, -0.2) is 31.1 Å². The Morgan fingerprint density at radius 3 is 1.59 bits per heavy atom. The van der Waals surface area contributed by atoms with Crippen molar-refractivity contribution in [2.24, 2.45) is 0 Å². The van der Waals surface area contributed by atoms with Crippen LogP contribution in [0, 0.1) is 27.7 Å². The summed E-state index contributed by atoms with van der Waals surface area (Å²) in [5.41, 5.74) is 8.47. The SMILES string of the molecule is COc1c(C)cc(C(c2cc(C)c(OC)c(C)c2)N2[C@@H](C(=O)Nc3ccccc3)[C@@H]2c2ccccc2)cc1C. The van der Waals surface area contributed by atoms with Gasteiger partial charge in [0.15, 0.2) is 0 Å². The molecule has 0 aromatic heterocycles. The standard InChI is InChI=1S/C34H36N2O3/c1-21-17-26(18-22(2)32(21)38-5)29(27-19-23(3)33(39-6)24(4)20-27)36-30(25-13-9-7-10-14-25)31(36)34(37)35-28-15-11-8-12-16-28/h7-20,29-31H,1-6H3,(H,35,37)/t30-,31+,36?/m0/s1. The van der Waals surface area contributed by atoms with Crippen molar-refractivity contribution in [3.05, 3.63) is 124 Å². The first-order valence-electron chi connectivity index (χ1n) is 13.3. The Morgan fingerprint density at radius 2 is 1.15 bits per heavy atom. The van der Waals surface area contributed by atoms with Crippen LogP contribution in [0.2, 0.25) is 0 Å². The van der Waals surface area contributed by atoms with Crippen molar-refractivity contribution in [3.8, 4) is 11.5 Å². The van der Waals surface area contributed by atoms with Gasteiger partial charge in [-0.2, -0.15) is 0 Å². The molecule has 1 N–H and O–H groups in total. The van der Waals surface area contributed by atoms with Crippen molar-refractivity contribution in [2.45, 2.75) is 45.8 Å². The zero-order chi connectivity index (χ0) is 27.7. The fourth-order valence-corrected chi connectivity index (χ4v) is 6.05. The number of carbonyl (C=O) groups excluding carboxylic acids is 1. The van der Waals surface area contributed by atoms with E-state index in [4.69, 9.17) is 9.47 Å². The second-order valence-electron chi connectivity index (χ2n) is 10.4. The molecular weight excluding hydrogens is 484 g/mol. The minimum atomic E-state index is -0.331. The molecule has 0 saturated carbocycles. The number of aryl methyl sites for hydroxylation is 4. The summed E-state index contributed by atoms with van der Waals surface area (Å²) in [4.78, 5) is 16.1. The highest BCUT2D eigenvalue weighted by molar-refractivity contribution is 5.97. The van der Waals surface area contributed by atoms with Gasteiger partial charge in [0.1, 0.15) is 17.5 Å². The second-order valence-corrected chi connectivity index (χ2v) is 10.4. The molecule has 1 unspecified atom stereocenters. The molecule has 0 aliphatic carbocycles. The summed E-state index contributed by atoms with van der Waals surface area (Å²) in [7, 11) is 3.42. The lowest BCUT2D eigenvalue weighted by Crippen LogP contribution is -2.24. The maximum atomic E-state index is 13.8. The van der Waals surface area contributed by atoms with E-state index in [1.165, 1.54) is 0 Å². The number of anilines is 1. The molecule has 5 rings (SSSR count). The number of nitrogens with one attached hydrogen (secondary N) is 1. The topological polar surface area (TPSA) is 50.6 Å². The van der Waals surface area contributed by atoms with Crippen LogP contribution in [-0.2, 0) is 4.79 Å². The van der Waals surface area contributed by atoms with Crippen LogP contribution in [0.5, 0.6) is 11.5 Å². The molecule has 4 aromatic rings. The summed E-state index contributed by atoms with van der Waals surface area (Å²) < 4.78 is 11.4. The molecule has 1 fully saturated rings. The number of para-hydroxylation sites is 1. The van der Waals surface area contributed by atoms with E-state index in [2.05, 4.69) is 74.3 Å². The summed E-state index contributed by atoms with van der Waals surface area (Å²) >= 11 is 0. The smallest absolute Gasteiger partial charge is 0.243 e. The van der Waals surface area contributed by atoms with E-state index < -0.39 is 0 Å². The van der Waals surface area contributed by atoms with Gasteiger partial charge in [0.05, 0.1) is 26.3 Å². The number of benzene rings is 4. The van der Waals surface area contributed by atoms with Gasteiger partial charge in [-0.05, 0) is 78.8 Å². The first-order chi connectivity index (χ1) is 18.8. The summed E-state index contributed by atoms with van der Waals surface area (Å²) in [5, 5.41) is 3.15. The fourth-order valence-electron chi connectivity index (χ4n) is 6.05. The Hall–Kier alpha value is -4.09. The van der Waals surface area contributed by atoms with Crippen LogP contribution in [0.4, 0.5) is 5.69 Å². The van der Waals surface area contributed by atoms with Crippen LogP contribution in [0.1, 0.15) is 51.0 Å². The molecule has 5 nitrogen and oxygen atoms in total. The molecule has 3 atom stereocenters. The number of methoxy groups -OCH3 is 2. The van der Waals surface area contributed by atoms with Crippen LogP contribution < -0.4 is 14.8 Å². The number of rotatable bonds is 8. The van der Waals surface area contributed by atoms with E-state index in [1.807, 2.05) is 48.5 Å². The lowest BCUT2D eigenvalue weighted by Gasteiger charge is -2.25. The van der Waals surface area contributed by atoms with Crippen molar-refractivity contribution in [3.63, 3.8) is 0 Å². The number of amides is 1. The minimum absolute atomic E-state index is 0.0102. The highest BCUT2D eigenvalue weighted by Gasteiger charge is 2.57. The number of carbonyl (C=O) groups is 1. The Labute approximate surface area is 231 Å². The van der Waals surface area contributed by atoms with Crippen molar-refractivity contribution in [2.75, 3.05) is 19.5 Å². The predicted molar refractivity (Wildman–Crippen MR) is 157 cm³/mol. The molecule has 4 aromatic carbocycles. The van der Waals surface area contributed by atoms with Crippen molar-refractivity contribution >= 4 is 11.6 Å². The molecule has 0 spiro atoms. The number of nitrogens with zero attached hydrogens (tertiary/aromatic N) is 1. The zero-order valence-corrected chi connectivity index (χ0v) is 23.5. The summed E-state index contributed by atoms with van der Waals surface area (Å²) in [5.74, 6) is 1.77. The third kappa shape index (κ3) is 5.15. The van der Waals surface area contributed by atoms with Crippen molar-refractivity contribution in [1.82, 2.24) is 4.90 Å². The first kappa shape index (κ1) is 26.5. The monoisotopic (exact) mass is 520 g/mol. The van der Waals surface area contributed by atoms with Crippen LogP contribution in [0.15, 0.2) is 84.9 Å². The van der Waals surface area contributed by atoms with Crippen molar-refractivity contribution < 1.29 is 14.3 Å². The molecule has 5 heteroatoms. The molecule has 200 valence electrons. The van der Waals surface area contributed by atoms with Gasteiger partial charge >= 0.3 is 0 Å². The third-order valence-corrected chi connectivity index (χ3v) is 7.61. The lowest BCUT2D eigenvalue weighted by atomic mass is 9.92. The van der Waals surface area contributed by atoms with Gasteiger partial charge in [-0.15, -0.1) is 0 Å². The Balaban J connectivity index is 1.65. The van der Waals surface area contributed by atoms with Gasteiger partial charge in [0.2, 0.25) is 5.91 Å². The van der Waals surface area contributed by atoms with Crippen LogP contribution in [0.25, 0.3) is 0 Å². The maximum Gasteiger partial charge on any atom is 0.243 e. The van der Waals surface area contributed by atoms with E-state index in [-0.39, 0.29) is 24.0 Å². The molecule has 1 aliphatic rings. The lowest BCUT2D eigenvalue weighted by molar-refractivity contribution is -0.116. The summed E-state index contributed by atoms with van der Waals surface area (Å²) in [6.07, 6.45) is 0. The Bertz CT molecular complexity index is 1380. The maximum absolute atomic E-state index is 13.8. The second kappa shape index (κ2) is 11.0. The van der Waals surface area contributed by atoms with Crippen LogP contribution in [0.3, 0.4) is 0 Å². The van der Waals surface area contributed by atoms with E-state index >= 15 is 0 Å². The van der Waals surface area contributed by atoms with Crippen molar-refractivity contribution in [1.29, 1.82) is 0 Å². The molecule has 1 amide bonds. The van der Waals surface area contributed by atoms with Gasteiger partial charge in [-0.25, -0.2) is 0 Å². The Morgan fingerprint density at radius 1 is 0.718 bits per heavy atom. The molecule has 0 radical (unpaired) electrons. The van der Waals surface area contributed by atoms with E-state index in [0.29, 0.717) is 0 Å². The molecular formula is C34H36N2O3. The third-order valence-electron chi connectivity index (χ3n) is 7.61. The highest BCUT2D eigenvalue weighted by atomic mass is 16.5. The van der Waals surface area contributed by atoms with E-state index in [9.17, 15) is 4.79 Å². The molecule has 1 heterocycles. The average Bonchev–Trinajstić information content (AvgIpc) is 3.65. The zero-order valence-electron chi connectivity index (χ0n) is 23.5. The molecule has 39 heavy (non-hydrogen) atoms. The normalized spacial score (nSPS) is 18.1. The summed E-state index contributed by atoms with van der Waals surface area (Å²) in [6.45, 7) is 8.31. The minimum Gasteiger partial charge on any atom is -0.496 e. The predicted octanol–water partition coefficient (Wildman–Crippen LogP) is 7.09.